The third kappa shape index (κ3) is 6.52. The van der Waals surface area contributed by atoms with Crippen molar-refractivity contribution >= 4 is 54.2 Å². The molecule has 0 spiro atoms. The summed E-state index contributed by atoms with van der Waals surface area (Å²) in [4.78, 5) is 11.9. The highest BCUT2D eigenvalue weighted by molar-refractivity contribution is 9.10. The minimum absolute atomic E-state index is 0.0637. The summed E-state index contributed by atoms with van der Waals surface area (Å²) < 4.78 is 6.51. The molecule has 0 fully saturated rings. The van der Waals surface area contributed by atoms with Crippen molar-refractivity contribution in [3.05, 3.63) is 178 Å². The molecule has 2 aliphatic rings. The predicted molar refractivity (Wildman–Crippen MR) is 270 cm³/mol. The van der Waals surface area contributed by atoms with Crippen LogP contribution in [-0.4, -0.2) is 12.6 Å². The molecule has 0 heterocycles. The van der Waals surface area contributed by atoms with Gasteiger partial charge >= 0.3 is 5.97 Å². The SMILES string of the molecule is C=CC(=O)OCCCCCC1(C(=C)CC)c2cc(-c3ccc4c(c3)C(C)(C)c3cc(Br)ccc3-4)ccc2-c2ccc(-c3ccc4ccc5cc(C(C)(C)C)cc6ccc3c4c56)cc21. The smallest absolute Gasteiger partial charge is 0.330 e. The van der Waals surface area contributed by atoms with E-state index in [2.05, 4.69) is 185 Å². The number of carbonyl (C=O) groups is 1. The first-order chi connectivity index (χ1) is 30.2. The van der Waals surface area contributed by atoms with Crippen molar-refractivity contribution in [3.8, 4) is 44.5 Å². The second-order valence-corrected chi connectivity index (χ2v) is 20.5. The van der Waals surface area contributed by atoms with Gasteiger partial charge in [0, 0.05) is 21.4 Å². The van der Waals surface area contributed by atoms with Crippen LogP contribution in [0, 0.1) is 0 Å². The lowest BCUT2D eigenvalue weighted by Crippen LogP contribution is -2.27. The summed E-state index contributed by atoms with van der Waals surface area (Å²) in [5.41, 5.74) is 17.7. The summed E-state index contributed by atoms with van der Waals surface area (Å²) in [6.45, 7) is 22.7. The van der Waals surface area contributed by atoms with Gasteiger partial charge in [-0.1, -0.05) is 180 Å². The second-order valence-electron chi connectivity index (χ2n) is 19.6. The Kier molecular flexibility index (Phi) is 9.95. The Morgan fingerprint density at radius 2 is 1.17 bits per heavy atom. The molecule has 0 amide bonds. The van der Waals surface area contributed by atoms with Crippen LogP contribution in [0.5, 0.6) is 0 Å². The van der Waals surface area contributed by atoms with E-state index in [0.717, 1.165) is 36.6 Å². The number of hydrogen-bond donors (Lipinski definition) is 0. The van der Waals surface area contributed by atoms with E-state index < -0.39 is 5.41 Å². The number of ether oxygens (including phenoxy) is 1. The van der Waals surface area contributed by atoms with Gasteiger partial charge < -0.3 is 4.74 Å². The number of allylic oxidation sites excluding steroid dienone is 1. The van der Waals surface area contributed by atoms with Crippen molar-refractivity contribution < 1.29 is 9.53 Å². The largest absolute Gasteiger partial charge is 0.463 e. The fourth-order valence-electron chi connectivity index (χ4n) is 11.2. The monoisotopic (exact) mass is 886 g/mol. The summed E-state index contributed by atoms with van der Waals surface area (Å²) in [6, 6.07) is 46.9. The van der Waals surface area contributed by atoms with Gasteiger partial charge in [-0.25, -0.2) is 4.79 Å². The van der Waals surface area contributed by atoms with E-state index in [4.69, 9.17) is 11.3 Å². The van der Waals surface area contributed by atoms with Gasteiger partial charge in [-0.2, -0.15) is 0 Å². The summed E-state index contributed by atoms with van der Waals surface area (Å²) >= 11 is 3.74. The average Bonchev–Trinajstić information content (AvgIpc) is 3.69. The van der Waals surface area contributed by atoms with Crippen LogP contribution in [0.25, 0.3) is 76.8 Å². The highest BCUT2D eigenvalue weighted by Gasteiger charge is 2.45. The Balaban J connectivity index is 1.11. The lowest BCUT2D eigenvalue weighted by atomic mass is 9.67. The minimum atomic E-state index is -0.394. The molecule has 314 valence electrons. The Morgan fingerprint density at radius 3 is 1.83 bits per heavy atom. The van der Waals surface area contributed by atoms with E-state index in [1.165, 1.54) is 116 Å². The van der Waals surface area contributed by atoms with Crippen molar-refractivity contribution in [3.63, 3.8) is 0 Å². The van der Waals surface area contributed by atoms with Crippen molar-refractivity contribution in [1.82, 2.24) is 0 Å². The fourth-order valence-corrected chi connectivity index (χ4v) is 11.5. The molecule has 0 bridgehead atoms. The summed E-state index contributed by atoms with van der Waals surface area (Å²) in [5.74, 6) is -0.363. The third-order valence-corrected chi connectivity index (χ3v) is 15.1. The zero-order valence-electron chi connectivity index (χ0n) is 37.5. The number of benzene rings is 8. The quantitative estimate of drug-likeness (QED) is 0.0425. The van der Waals surface area contributed by atoms with Crippen LogP contribution in [-0.2, 0) is 25.8 Å². The Labute approximate surface area is 381 Å². The van der Waals surface area contributed by atoms with Gasteiger partial charge in [0.25, 0.3) is 0 Å². The molecule has 1 atom stereocenters. The van der Waals surface area contributed by atoms with Gasteiger partial charge in [0.1, 0.15) is 0 Å². The molecule has 0 aromatic heterocycles. The molecule has 8 aromatic carbocycles. The number of carbonyl (C=O) groups excluding carboxylic acids is 1. The van der Waals surface area contributed by atoms with Crippen LogP contribution >= 0.6 is 15.9 Å². The molecule has 2 aliphatic carbocycles. The molecule has 0 saturated carbocycles. The van der Waals surface area contributed by atoms with Crippen molar-refractivity contribution in [2.24, 2.45) is 0 Å². The lowest BCUT2D eigenvalue weighted by molar-refractivity contribution is -0.137. The third-order valence-electron chi connectivity index (χ3n) is 14.6. The van der Waals surface area contributed by atoms with E-state index in [0.29, 0.717) is 6.61 Å². The standard InChI is InChI=1S/C60H55BrO2/c1-9-36(3)60(28-12-11-13-29-63-55(62)10-2)53-33-39(38-17-23-46-47-27-21-44(61)35-52(47)59(7,8)51(46)32-38)18-24-48(53)49-25-19-40(34-54(49)60)45-22-16-37-14-15-41-30-43(58(4,5)6)31-42-20-26-50(45)57(37)56(41)42/h10,14-27,30-35H,2-3,9,11-13,28-29H2,1,4-8H3. The molecule has 0 radical (unpaired) electrons. The molecule has 3 heteroatoms. The van der Waals surface area contributed by atoms with Gasteiger partial charge in [0.05, 0.1) is 6.61 Å². The molecular formula is C60H55BrO2. The fraction of sp³-hybridized carbons (Fsp3) is 0.250. The number of hydrogen-bond acceptors (Lipinski definition) is 2. The van der Waals surface area contributed by atoms with Crippen molar-refractivity contribution in [2.75, 3.05) is 6.61 Å². The minimum Gasteiger partial charge on any atom is -0.463 e. The molecule has 0 N–H and O–H groups in total. The molecule has 63 heavy (non-hydrogen) atoms. The van der Waals surface area contributed by atoms with E-state index in [-0.39, 0.29) is 16.8 Å². The molecule has 1 unspecified atom stereocenters. The molecule has 0 saturated heterocycles. The van der Waals surface area contributed by atoms with Gasteiger partial charge in [0.15, 0.2) is 0 Å². The summed E-state index contributed by atoms with van der Waals surface area (Å²) in [7, 11) is 0. The first-order valence-corrected chi connectivity index (χ1v) is 23.5. The maximum Gasteiger partial charge on any atom is 0.330 e. The Morgan fingerprint density at radius 1 is 0.635 bits per heavy atom. The second kappa shape index (κ2) is 15.2. The van der Waals surface area contributed by atoms with Gasteiger partial charge in [0.2, 0.25) is 0 Å². The van der Waals surface area contributed by atoms with Crippen molar-refractivity contribution in [2.45, 2.75) is 89.9 Å². The molecule has 10 rings (SSSR count). The highest BCUT2D eigenvalue weighted by atomic mass is 79.9. The topological polar surface area (TPSA) is 26.3 Å². The Bertz CT molecular complexity index is 3170. The first-order valence-electron chi connectivity index (χ1n) is 22.7. The summed E-state index contributed by atoms with van der Waals surface area (Å²) in [5, 5.41) is 7.85. The van der Waals surface area contributed by atoms with Crippen molar-refractivity contribution in [1.29, 1.82) is 0 Å². The first kappa shape index (κ1) is 41.3. The predicted octanol–water partition coefficient (Wildman–Crippen LogP) is 16.8. The van der Waals surface area contributed by atoms with Crippen LogP contribution in [0.1, 0.15) is 101 Å². The number of unbranched alkanes of at least 4 members (excludes halogenated alkanes) is 2. The molecule has 0 aliphatic heterocycles. The number of esters is 1. The number of fused-ring (bicyclic) bond motifs is 6. The number of rotatable bonds is 11. The molecule has 2 nitrogen and oxygen atoms in total. The average molecular weight is 888 g/mol. The maximum absolute atomic E-state index is 11.9. The van der Waals surface area contributed by atoms with Gasteiger partial charge in [-0.15, -0.1) is 0 Å². The maximum atomic E-state index is 11.9. The molecule has 8 aromatic rings. The zero-order chi connectivity index (χ0) is 44.0. The Hall–Kier alpha value is -5.77. The van der Waals surface area contributed by atoms with E-state index in [1.807, 2.05) is 0 Å². The zero-order valence-corrected chi connectivity index (χ0v) is 39.1. The normalized spacial score (nSPS) is 16.0. The molecular weight excluding hydrogens is 833 g/mol. The van der Waals surface area contributed by atoms with E-state index in [9.17, 15) is 4.79 Å². The number of halogens is 1. The highest BCUT2D eigenvalue weighted by Crippen LogP contribution is 2.58. The van der Waals surface area contributed by atoms with Gasteiger partial charge in [-0.3, -0.25) is 0 Å². The van der Waals surface area contributed by atoms with Gasteiger partial charge in [-0.05, 0) is 160 Å². The van der Waals surface area contributed by atoms with Crippen LogP contribution in [0.3, 0.4) is 0 Å². The van der Waals surface area contributed by atoms with E-state index in [1.54, 1.807) is 0 Å². The van der Waals surface area contributed by atoms with E-state index >= 15 is 0 Å². The van der Waals surface area contributed by atoms with Crippen LogP contribution in [0.2, 0.25) is 0 Å². The van der Waals surface area contributed by atoms with Crippen LogP contribution in [0.15, 0.2) is 151 Å². The van der Waals surface area contributed by atoms with Crippen LogP contribution < -0.4 is 0 Å². The summed E-state index contributed by atoms with van der Waals surface area (Å²) in [6.07, 6.45) is 5.73. The lowest BCUT2D eigenvalue weighted by Gasteiger charge is -2.35. The van der Waals surface area contributed by atoms with Crippen LogP contribution in [0.4, 0.5) is 0 Å².